The van der Waals surface area contributed by atoms with Crippen LogP contribution in [-0.4, -0.2) is 25.9 Å². The highest BCUT2D eigenvalue weighted by atomic mass is 35.5. The predicted octanol–water partition coefficient (Wildman–Crippen LogP) is -1.41. The average molecular weight is 412 g/mol. The summed E-state index contributed by atoms with van der Waals surface area (Å²) in [7, 11) is 3.50. The summed E-state index contributed by atoms with van der Waals surface area (Å²) in [4.78, 5) is 28.2. The molecule has 0 radical (unpaired) electrons. The van der Waals surface area contributed by atoms with E-state index in [1.807, 2.05) is 94.6 Å². The van der Waals surface area contributed by atoms with Crippen LogP contribution in [0.25, 0.3) is 0 Å². The first-order chi connectivity index (χ1) is 13.5. The van der Waals surface area contributed by atoms with E-state index in [1.165, 1.54) is 0 Å². The SMILES string of the molecule is CN(C(=O)C[n+]1ccccc1)c1ccc(N(C)C(=O)C[n+]2ccccc2)cc1.[Cl-]. The Morgan fingerprint density at radius 1 is 0.655 bits per heavy atom. The molecule has 0 N–H and O–H groups in total. The van der Waals surface area contributed by atoms with Crippen LogP contribution in [0.2, 0.25) is 0 Å². The van der Waals surface area contributed by atoms with Gasteiger partial charge in [-0.2, -0.15) is 9.13 Å². The summed E-state index contributed by atoms with van der Waals surface area (Å²) < 4.78 is 3.67. The Bertz CT molecular complexity index is 856. The van der Waals surface area contributed by atoms with E-state index in [9.17, 15) is 9.59 Å². The molecule has 2 aromatic heterocycles. The van der Waals surface area contributed by atoms with Crippen molar-refractivity contribution >= 4 is 23.2 Å². The smallest absolute Gasteiger partial charge is 0.292 e. The molecule has 2 heterocycles. The maximum absolute atomic E-state index is 12.5. The molecule has 150 valence electrons. The number of pyridine rings is 2. The standard InChI is InChI=1S/C22H24N4O2.ClH/c1-23(21(27)17-25-13-5-3-6-14-25)19-9-11-20(12-10-19)24(2)22(28)18-26-15-7-4-8-16-26;/h3-16H,17-18H2,1-2H3;1H/q+2;/p-1. The number of benzene rings is 1. The van der Waals surface area contributed by atoms with Gasteiger partial charge in [0, 0.05) is 49.7 Å². The van der Waals surface area contributed by atoms with E-state index >= 15 is 0 Å². The van der Waals surface area contributed by atoms with Gasteiger partial charge in [-0.25, -0.2) is 0 Å². The minimum atomic E-state index is -0.0196. The zero-order chi connectivity index (χ0) is 19.9. The van der Waals surface area contributed by atoms with Crippen LogP contribution in [0.3, 0.4) is 0 Å². The molecular weight excluding hydrogens is 388 g/mol. The lowest BCUT2D eigenvalue weighted by Gasteiger charge is -2.19. The second-order valence-corrected chi connectivity index (χ2v) is 6.52. The van der Waals surface area contributed by atoms with Crippen LogP contribution in [0, 0.1) is 0 Å². The maximum atomic E-state index is 12.5. The van der Waals surface area contributed by atoms with Crippen LogP contribution < -0.4 is 31.3 Å². The molecule has 0 fully saturated rings. The van der Waals surface area contributed by atoms with E-state index in [4.69, 9.17) is 0 Å². The lowest BCUT2D eigenvalue weighted by atomic mass is 10.2. The fourth-order valence-electron chi connectivity index (χ4n) is 2.79. The number of hydrogen-bond acceptors (Lipinski definition) is 2. The quantitative estimate of drug-likeness (QED) is 0.468. The van der Waals surface area contributed by atoms with Gasteiger partial charge in [-0.1, -0.05) is 12.1 Å². The third-order valence-electron chi connectivity index (χ3n) is 4.56. The van der Waals surface area contributed by atoms with Gasteiger partial charge in [0.1, 0.15) is 0 Å². The Kier molecular flexibility index (Phi) is 7.86. The molecule has 0 aliphatic carbocycles. The molecule has 0 aliphatic rings. The molecule has 0 saturated carbocycles. The minimum Gasteiger partial charge on any atom is -1.00 e. The van der Waals surface area contributed by atoms with Crippen LogP contribution in [0.1, 0.15) is 0 Å². The molecule has 3 aromatic rings. The largest absolute Gasteiger partial charge is 1.00 e. The van der Waals surface area contributed by atoms with E-state index < -0.39 is 0 Å². The summed E-state index contributed by atoms with van der Waals surface area (Å²) in [6.45, 7) is 0.539. The van der Waals surface area contributed by atoms with E-state index in [2.05, 4.69) is 0 Å². The summed E-state index contributed by atoms with van der Waals surface area (Å²) in [6.07, 6.45) is 7.45. The van der Waals surface area contributed by atoms with Crippen molar-refractivity contribution in [2.45, 2.75) is 13.1 Å². The number of carbonyl (C=O) groups excluding carboxylic acids is 2. The van der Waals surface area contributed by atoms with Gasteiger partial charge in [-0.05, 0) is 24.3 Å². The summed E-state index contributed by atoms with van der Waals surface area (Å²) in [5, 5.41) is 0. The van der Waals surface area contributed by atoms with Gasteiger partial charge < -0.3 is 22.2 Å². The molecule has 0 bridgehead atoms. The number of hydrogen-bond donors (Lipinski definition) is 0. The average Bonchev–Trinajstić information content (AvgIpc) is 2.74. The molecule has 1 aromatic carbocycles. The summed E-state index contributed by atoms with van der Waals surface area (Å²) in [5.74, 6) is -0.0392. The Balaban J connectivity index is 0.00000300. The molecule has 0 saturated heterocycles. The van der Waals surface area contributed by atoms with E-state index in [1.54, 1.807) is 23.9 Å². The van der Waals surface area contributed by atoms with Crippen molar-refractivity contribution in [2.24, 2.45) is 0 Å². The second kappa shape index (κ2) is 10.3. The highest BCUT2D eigenvalue weighted by Crippen LogP contribution is 2.19. The molecular formula is C22H24ClN4O2+. The van der Waals surface area contributed by atoms with Gasteiger partial charge in [0.2, 0.25) is 13.1 Å². The number of rotatable bonds is 6. The molecule has 3 rings (SSSR count). The van der Waals surface area contributed by atoms with Gasteiger partial charge in [-0.3, -0.25) is 9.59 Å². The van der Waals surface area contributed by atoms with Crippen LogP contribution in [0.5, 0.6) is 0 Å². The first-order valence-electron chi connectivity index (χ1n) is 9.06. The number of nitrogens with zero attached hydrogens (tertiary/aromatic N) is 4. The molecule has 0 spiro atoms. The Labute approximate surface area is 177 Å². The zero-order valence-corrected chi connectivity index (χ0v) is 17.2. The molecule has 0 atom stereocenters. The number of anilines is 2. The Morgan fingerprint density at radius 3 is 1.28 bits per heavy atom. The van der Waals surface area contributed by atoms with E-state index in [0.29, 0.717) is 0 Å². The molecule has 7 heteroatoms. The fourth-order valence-corrected chi connectivity index (χ4v) is 2.79. The first-order valence-corrected chi connectivity index (χ1v) is 9.06. The van der Waals surface area contributed by atoms with Crippen molar-refractivity contribution in [3.05, 3.63) is 85.5 Å². The lowest BCUT2D eigenvalue weighted by molar-refractivity contribution is -0.684. The normalized spacial score (nSPS) is 10.0. The fraction of sp³-hybridized carbons (Fsp3) is 0.182. The Hall–Kier alpha value is -3.25. The summed E-state index contributed by atoms with van der Waals surface area (Å²) in [5.41, 5.74) is 1.56. The van der Waals surface area contributed by atoms with Crippen LogP contribution in [0.4, 0.5) is 11.4 Å². The van der Waals surface area contributed by atoms with Gasteiger partial charge >= 0.3 is 0 Å². The number of aromatic nitrogens is 2. The monoisotopic (exact) mass is 411 g/mol. The lowest BCUT2D eigenvalue weighted by Crippen LogP contribution is -3.00. The summed E-state index contributed by atoms with van der Waals surface area (Å²) in [6, 6.07) is 18.8. The molecule has 2 amide bonds. The molecule has 6 nitrogen and oxygen atoms in total. The van der Waals surface area contributed by atoms with Gasteiger partial charge in [0.25, 0.3) is 11.8 Å². The number of halogens is 1. The van der Waals surface area contributed by atoms with Crippen molar-refractivity contribution in [1.82, 2.24) is 0 Å². The molecule has 29 heavy (non-hydrogen) atoms. The third-order valence-corrected chi connectivity index (χ3v) is 4.56. The van der Waals surface area contributed by atoms with Crippen molar-refractivity contribution in [3.63, 3.8) is 0 Å². The highest BCUT2D eigenvalue weighted by Gasteiger charge is 2.18. The molecule has 0 unspecified atom stereocenters. The second-order valence-electron chi connectivity index (χ2n) is 6.52. The van der Waals surface area contributed by atoms with Crippen molar-refractivity contribution in [3.8, 4) is 0 Å². The van der Waals surface area contributed by atoms with E-state index in [0.717, 1.165) is 11.4 Å². The molecule has 0 aliphatic heterocycles. The number of likely N-dealkylation sites (N-methyl/N-ethyl adjacent to an activating group) is 2. The topological polar surface area (TPSA) is 48.4 Å². The Morgan fingerprint density at radius 2 is 0.966 bits per heavy atom. The maximum Gasteiger partial charge on any atom is 0.292 e. The van der Waals surface area contributed by atoms with Gasteiger partial charge in [-0.15, -0.1) is 0 Å². The van der Waals surface area contributed by atoms with Crippen molar-refractivity contribution in [2.75, 3.05) is 23.9 Å². The third kappa shape index (κ3) is 5.86. The van der Waals surface area contributed by atoms with E-state index in [-0.39, 0.29) is 37.3 Å². The number of amides is 2. The van der Waals surface area contributed by atoms with Gasteiger partial charge in [0.05, 0.1) is 0 Å². The zero-order valence-electron chi connectivity index (χ0n) is 16.5. The van der Waals surface area contributed by atoms with Crippen LogP contribution >= 0.6 is 0 Å². The number of carbonyl (C=O) groups is 2. The first kappa shape index (κ1) is 22.0. The predicted molar refractivity (Wildman–Crippen MR) is 107 cm³/mol. The van der Waals surface area contributed by atoms with Gasteiger partial charge in [0.15, 0.2) is 24.8 Å². The highest BCUT2D eigenvalue weighted by molar-refractivity contribution is 5.94. The van der Waals surface area contributed by atoms with Crippen molar-refractivity contribution < 1.29 is 31.1 Å². The van der Waals surface area contributed by atoms with Crippen molar-refractivity contribution in [1.29, 1.82) is 0 Å². The summed E-state index contributed by atoms with van der Waals surface area (Å²) >= 11 is 0. The van der Waals surface area contributed by atoms with Crippen LogP contribution in [0.15, 0.2) is 85.5 Å². The minimum absolute atomic E-state index is 0. The van der Waals surface area contributed by atoms with Crippen LogP contribution in [-0.2, 0) is 22.7 Å².